The average molecular weight is 200 g/mol. The van der Waals surface area contributed by atoms with Gasteiger partial charge in [-0.25, -0.2) is 9.97 Å². The van der Waals surface area contributed by atoms with Gasteiger partial charge in [-0.2, -0.15) is 0 Å². The van der Waals surface area contributed by atoms with Gasteiger partial charge in [0.1, 0.15) is 6.33 Å². The second kappa shape index (κ2) is 3.97. The largest absolute Gasteiger partial charge is 0.244 e. The van der Waals surface area contributed by atoms with Crippen LogP contribution in [0.1, 0.15) is 37.8 Å². The summed E-state index contributed by atoms with van der Waals surface area (Å²) in [6.07, 6.45) is 4.58. The molecule has 0 aliphatic rings. The first kappa shape index (κ1) is 10.1. The Labute approximate surface area is 90.4 Å². The Bertz CT molecular complexity index is 475. The van der Waals surface area contributed by atoms with E-state index in [2.05, 4.69) is 42.9 Å². The van der Waals surface area contributed by atoms with E-state index >= 15 is 0 Å². The molecule has 0 aliphatic heterocycles. The summed E-state index contributed by atoms with van der Waals surface area (Å²) in [5.41, 5.74) is 3.78. The number of nitrogens with zero attached hydrogens (tertiary/aromatic N) is 2. The van der Waals surface area contributed by atoms with Crippen LogP contribution in [0.25, 0.3) is 10.9 Å². The number of hydrogen-bond donors (Lipinski definition) is 0. The second-order valence-corrected chi connectivity index (χ2v) is 4.15. The van der Waals surface area contributed by atoms with Crippen molar-refractivity contribution < 1.29 is 0 Å². The predicted molar refractivity (Wildman–Crippen MR) is 63.0 cm³/mol. The van der Waals surface area contributed by atoms with Crippen molar-refractivity contribution in [2.75, 3.05) is 0 Å². The number of hydrogen-bond acceptors (Lipinski definition) is 2. The first-order chi connectivity index (χ1) is 7.22. The van der Waals surface area contributed by atoms with Crippen LogP contribution in [0, 0.1) is 0 Å². The Kier molecular flexibility index (Phi) is 2.67. The summed E-state index contributed by atoms with van der Waals surface area (Å²) in [5, 5.41) is 1.15. The normalized spacial score (nSPS) is 11.2. The van der Waals surface area contributed by atoms with Gasteiger partial charge >= 0.3 is 0 Å². The van der Waals surface area contributed by atoms with E-state index in [0.29, 0.717) is 5.92 Å². The molecule has 1 heterocycles. The molecule has 1 aromatic carbocycles. The highest BCUT2D eigenvalue weighted by molar-refractivity contribution is 5.82. The molecule has 2 aromatic rings. The van der Waals surface area contributed by atoms with Crippen LogP contribution in [0.4, 0.5) is 0 Å². The van der Waals surface area contributed by atoms with Crippen molar-refractivity contribution in [3.63, 3.8) is 0 Å². The molecule has 0 bridgehead atoms. The van der Waals surface area contributed by atoms with Gasteiger partial charge in [0.25, 0.3) is 0 Å². The zero-order chi connectivity index (χ0) is 10.8. The molecule has 0 spiro atoms. The first-order valence-corrected chi connectivity index (χ1v) is 5.45. The summed E-state index contributed by atoms with van der Waals surface area (Å²) in [7, 11) is 0. The molecule has 2 heteroatoms. The van der Waals surface area contributed by atoms with Gasteiger partial charge in [0.2, 0.25) is 0 Å². The predicted octanol–water partition coefficient (Wildman–Crippen LogP) is 3.32. The fourth-order valence-corrected chi connectivity index (χ4v) is 1.84. The van der Waals surface area contributed by atoms with Crippen molar-refractivity contribution in [3.8, 4) is 0 Å². The van der Waals surface area contributed by atoms with Gasteiger partial charge in [0.15, 0.2) is 0 Å². The van der Waals surface area contributed by atoms with Crippen LogP contribution in [-0.4, -0.2) is 9.97 Å². The molecule has 0 amide bonds. The molecule has 0 N–H and O–H groups in total. The lowest BCUT2D eigenvalue weighted by atomic mass is 9.96. The van der Waals surface area contributed by atoms with Gasteiger partial charge in [-0.15, -0.1) is 0 Å². The van der Waals surface area contributed by atoms with Gasteiger partial charge in [-0.1, -0.05) is 26.8 Å². The monoisotopic (exact) mass is 200 g/mol. The minimum Gasteiger partial charge on any atom is -0.244 e. The number of aromatic nitrogens is 2. The third kappa shape index (κ3) is 1.84. The summed E-state index contributed by atoms with van der Waals surface area (Å²) >= 11 is 0. The Balaban J connectivity index is 2.74. The van der Waals surface area contributed by atoms with Crippen LogP contribution in [0.2, 0.25) is 0 Å². The molecule has 1 aromatic heterocycles. The summed E-state index contributed by atoms with van der Waals surface area (Å²) in [4.78, 5) is 8.44. The quantitative estimate of drug-likeness (QED) is 0.743. The lowest BCUT2D eigenvalue weighted by Crippen LogP contribution is -1.95. The van der Waals surface area contributed by atoms with E-state index in [-0.39, 0.29) is 0 Å². The molecule has 0 unspecified atom stereocenters. The van der Waals surface area contributed by atoms with Gasteiger partial charge in [-0.3, -0.25) is 0 Å². The van der Waals surface area contributed by atoms with Crippen LogP contribution in [-0.2, 0) is 6.42 Å². The van der Waals surface area contributed by atoms with Crippen molar-refractivity contribution in [1.82, 2.24) is 9.97 Å². The van der Waals surface area contributed by atoms with Crippen molar-refractivity contribution in [1.29, 1.82) is 0 Å². The second-order valence-electron chi connectivity index (χ2n) is 4.15. The van der Waals surface area contributed by atoms with E-state index < -0.39 is 0 Å². The Hall–Kier alpha value is -1.44. The SMILES string of the molecule is CCc1cc(C(C)C)c2ncncc2c1. The van der Waals surface area contributed by atoms with Crippen LogP contribution in [0.15, 0.2) is 24.7 Å². The zero-order valence-electron chi connectivity index (χ0n) is 9.49. The van der Waals surface area contributed by atoms with Gasteiger partial charge < -0.3 is 0 Å². The lowest BCUT2D eigenvalue weighted by Gasteiger charge is -2.10. The molecule has 2 rings (SSSR count). The maximum absolute atomic E-state index is 4.37. The third-order valence-corrected chi connectivity index (χ3v) is 2.73. The first-order valence-electron chi connectivity index (χ1n) is 5.45. The molecule has 0 radical (unpaired) electrons. The topological polar surface area (TPSA) is 25.8 Å². The van der Waals surface area contributed by atoms with Crippen LogP contribution in [0.5, 0.6) is 0 Å². The summed E-state index contributed by atoms with van der Waals surface area (Å²) in [6.45, 7) is 6.59. The minimum atomic E-state index is 0.508. The zero-order valence-corrected chi connectivity index (χ0v) is 9.49. The Morgan fingerprint density at radius 3 is 2.73 bits per heavy atom. The van der Waals surface area contributed by atoms with Crippen molar-refractivity contribution in [3.05, 3.63) is 35.8 Å². The molecular weight excluding hydrogens is 184 g/mol. The van der Waals surface area contributed by atoms with Crippen molar-refractivity contribution in [2.45, 2.75) is 33.1 Å². The molecule has 0 aliphatic carbocycles. The smallest absolute Gasteiger partial charge is 0.116 e. The summed E-state index contributed by atoms with van der Waals surface area (Å²) < 4.78 is 0. The molecule has 15 heavy (non-hydrogen) atoms. The molecular formula is C13H16N2. The number of rotatable bonds is 2. The third-order valence-electron chi connectivity index (χ3n) is 2.73. The fourth-order valence-electron chi connectivity index (χ4n) is 1.84. The fraction of sp³-hybridized carbons (Fsp3) is 0.385. The molecule has 0 fully saturated rings. The Morgan fingerprint density at radius 2 is 2.07 bits per heavy atom. The van der Waals surface area contributed by atoms with Crippen molar-refractivity contribution in [2.24, 2.45) is 0 Å². The van der Waals surface area contributed by atoms with E-state index in [9.17, 15) is 0 Å². The summed E-state index contributed by atoms with van der Waals surface area (Å²) in [6, 6.07) is 4.45. The average Bonchev–Trinajstić information content (AvgIpc) is 2.27. The number of aryl methyl sites for hydroxylation is 1. The Morgan fingerprint density at radius 1 is 1.27 bits per heavy atom. The molecule has 0 saturated heterocycles. The highest BCUT2D eigenvalue weighted by atomic mass is 14.8. The van der Waals surface area contributed by atoms with Crippen LogP contribution in [0.3, 0.4) is 0 Å². The minimum absolute atomic E-state index is 0.508. The highest BCUT2D eigenvalue weighted by Gasteiger charge is 2.07. The molecule has 78 valence electrons. The van der Waals surface area contributed by atoms with Gasteiger partial charge in [-0.05, 0) is 29.5 Å². The highest BCUT2D eigenvalue weighted by Crippen LogP contribution is 2.25. The van der Waals surface area contributed by atoms with Crippen LogP contribution < -0.4 is 0 Å². The molecule has 2 nitrogen and oxygen atoms in total. The van der Waals surface area contributed by atoms with Gasteiger partial charge in [0.05, 0.1) is 5.52 Å². The standard InChI is InChI=1S/C13H16N2/c1-4-10-5-11-7-14-8-15-13(11)12(6-10)9(2)3/h5-9H,4H2,1-3H3. The van der Waals surface area contributed by atoms with E-state index in [1.54, 1.807) is 6.33 Å². The maximum Gasteiger partial charge on any atom is 0.116 e. The van der Waals surface area contributed by atoms with E-state index in [0.717, 1.165) is 17.3 Å². The van der Waals surface area contributed by atoms with E-state index in [1.807, 2.05) is 6.20 Å². The summed E-state index contributed by atoms with van der Waals surface area (Å²) in [5.74, 6) is 0.508. The lowest BCUT2D eigenvalue weighted by molar-refractivity contribution is 0.868. The molecule has 0 atom stereocenters. The number of benzene rings is 1. The van der Waals surface area contributed by atoms with E-state index in [1.165, 1.54) is 11.1 Å². The maximum atomic E-state index is 4.37. The number of fused-ring (bicyclic) bond motifs is 1. The van der Waals surface area contributed by atoms with Crippen molar-refractivity contribution >= 4 is 10.9 Å². The van der Waals surface area contributed by atoms with E-state index in [4.69, 9.17) is 0 Å². The molecule has 0 saturated carbocycles. The van der Waals surface area contributed by atoms with Gasteiger partial charge in [0, 0.05) is 11.6 Å². The van der Waals surface area contributed by atoms with Crippen LogP contribution >= 0.6 is 0 Å².